The lowest BCUT2D eigenvalue weighted by molar-refractivity contribution is 0.875. The van der Waals surface area contributed by atoms with Gasteiger partial charge in [-0.05, 0) is 25.1 Å². The van der Waals surface area contributed by atoms with Crippen LogP contribution < -0.4 is 5.43 Å². The van der Waals surface area contributed by atoms with E-state index < -0.39 is 0 Å². The zero-order valence-corrected chi connectivity index (χ0v) is 12.5. The average Bonchev–Trinajstić information content (AvgIpc) is 2.85. The Hall–Kier alpha value is -2.18. The molecule has 0 atom stereocenters. The van der Waals surface area contributed by atoms with Crippen molar-refractivity contribution in [2.75, 3.05) is 5.43 Å². The van der Waals surface area contributed by atoms with Gasteiger partial charge >= 0.3 is 0 Å². The van der Waals surface area contributed by atoms with Crippen LogP contribution in [0.5, 0.6) is 0 Å². The SMILES string of the molecule is Cc1nnc2ccc(N/N=C/c3cccc(Cl)c3Cl)nn12. The molecular weight excluding hydrogens is 311 g/mol. The molecule has 0 aliphatic rings. The van der Waals surface area contributed by atoms with Gasteiger partial charge in [0.1, 0.15) is 0 Å². The van der Waals surface area contributed by atoms with Crippen LogP contribution in [0.3, 0.4) is 0 Å². The minimum Gasteiger partial charge on any atom is -0.260 e. The number of hydrogen-bond acceptors (Lipinski definition) is 5. The Morgan fingerprint density at radius 3 is 2.90 bits per heavy atom. The molecule has 2 heterocycles. The van der Waals surface area contributed by atoms with E-state index in [0.29, 0.717) is 27.3 Å². The second-order valence-corrected chi connectivity index (χ2v) is 5.03. The number of fused-ring (bicyclic) bond motifs is 1. The third kappa shape index (κ3) is 2.81. The topological polar surface area (TPSA) is 67.5 Å². The molecular formula is C13H10Cl2N6. The van der Waals surface area contributed by atoms with Crippen LogP contribution in [-0.4, -0.2) is 26.0 Å². The molecule has 0 aliphatic heterocycles. The maximum Gasteiger partial charge on any atom is 0.178 e. The predicted octanol–water partition coefficient (Wildman–Crippen LogP) is 3.19. The maximum atomic E-state index is 6.07. The maximum absolute atomic E-state index is 6.07. The summed E-state index contributed by atoms with van der Waals surface area (Å²) in [6.07, 6.45) is 1.58. The molecule has 6 nitrogen and oxygen atoms in total. The summed E-state index contributed by atoms with van der Waals surface area (Å²) in [4.78, 5) is 0. The summed E-state index contributed by atoms with van der Waals surface area (Å²) in [6.45, 7) is 1.83. The zero-order chi connectivity index (χ0) is 14.8. The van der Waals surface area contributed by atoms with Crippen LogP contribution in [0, 0.1) is 6.92 Å². The highest BCUT2D eigenvalue weighted by atomic mass is 35.5. The van der Waals surface area contributed by atoms with E-state index in [-0.39, 0.29) is 0 Å². The Morgan fingerprint density at radius 1 is 1.19 bits per heavy atom. The lowest BCUT2D eigenvalue weighted by Crippen LogP contribution is -2.00. The predicted molar refractivity (Wildman–Crippen MR) is 83.2 cm³/mol. The van der Waals surface area contributed by atoms with Gasteiger partial charge in [0.05, 0.1) is 16.3 Å². The van der Waals surface area contributed by atoms with Crippen LogP contribution in [0.25, 0.3) is 5.65 Å². The Kier molecular flexibility index (Phi) is 3.72. The number of anilines is 1. The fourth-order valence-electron chi connectivity index (χ4n) is 1.74. The van der Waals surface area contributed by atoms with Gasteiger partial charge in [-0.3, -0.25) is 5.43 Å². The normalized spacial score (nSPS) is 11.4. The van der Waals surface area contributed by atoms with Crippen molar-refractivity contribution in [2.45, 2.75) is 6.92 Å². The summed E-state index contributed by atoms with van der Waals surface area (Å²) in [5.74, 6) is 1.27. The largest absolute Gasteiger partial charge is 0.260 e. The lowest BCUT2D eigenvalue weighted by atomic mass is 10.2. The number of benzene rings is 1. The molecule has 0 fully saturated rings. The first-order valence-electron chi connectivity index (χ1n) is 6.07. The standard InChI is InChI=1S/C13H10Cl2N6/c1-8-17-19-12-6-5-11(20-21(8)12)18-16-7-9-3-2-4-10(14)13(9)15/h2-7H,1H3,(H,18,20)/b16-7+. The molecule has 0 bridgehead atoms. The first kappa shape index (κ1) is 13.8. The molecule has 0 saturated carbocycles. The summed E-state index contributed by atoms with van der Waals surface area (Å²) in [6, 6.07) is 8.91. The summed E-state index contributed by atoms with van der Waals surface area (Å²) in [5.41, 5.74) is 4.23. The molecule has 21 heavy (non-hydrogen) atoms. The Morgan fingerprint density at radius 2 is 2.05 bits per heavy atom. The average molecular weight is 321 g/mol. The van der Waals surface area contributed by atoms with Gasteiger partial charge in [0.2, 0.25) is 0 Å². The van der Waals surface area contributed by atoms with Crippen molar-refractivity contribution in [1.82, 2.24) is 19.8 Å². The molecule has 3 rings (SSSR count). The number of halogens is 2. The van der Waals surface area contributed by atoms with Crippen molar-refractivity contribution < 1.29 is 0 Å². The second-order valence-electron chi connectivity index (χ2n) is 4.25. The number of rotatable bonds is 3. The van der Waals surface area contributed by atoms with Gasteiger partial charge in [0.25, 0.3) is 0 Å². The smallest absolute Gasteiger partial charge is 0.178 e. The molecule has 1 N–H and O–H groups in total. The van der Waals surface area contributed by atoms with Gasteiger partial charge in [-0.15, -0.1) is 15.3 Å². The molecule has 0 radical (unpaired) electrons. The molecule has 0 spiro atoms. The van der Waals surface area contributed by atoms with Crippen LogP contribution in [0.2, 0.25) is 10.0 Å². The van der Waals surface area contributed by atoms with Crippen LogP contribution in [-0.2, 0) is 0 Å². The highest BCUT2D eigenvalue weighted by Crippen LogP contribution is 2.24. The molecule has 1 aromatic carbocycles. The lowest BCUT2D eigenvalue weighted by Gasteiger charge is -2.01. The second kappa shape index (κ2) is 5.67. The van der Waals surface area contributed by atoms with E-state index in [1.54, 1.807) is 35.0 Å². The van der Waals surface area contributed by atoms with Crippen LogP contribution >= 0.6 is 23.2 Å². The van der Waals surface area contributed by atoms with Crippen LogP contribution in [0.1, 0.15) is 11.4 Å². The van der Waals surface area contributed by atoms with Crippen molar-refractivity contribution in [3.63, 3.8) is 0 Å². The number of aromatic nitrogens is 4. The van der Waals surface area contributed by atoms with Crippen LogP contribution in [0.4, 0.5) is 5.82 Å². The number of nitrogens with one attached hydrogen (secondary N) is 1. The minimum absolute atomic E-state index is 0.461. The molecule has 0 saturated heterocycles. The molecule has 2 aromatic heterocycles. The molecule has 3 aromatic rings. The molecule has 8 heteroatoms. The van der Waals surface area contributed by atoms with Crippen molar-refractivity contribution in [3.05, 3.63) is 51.8 Å². The minimum atomic E-state index is 0.461. The number of hydrogen-bond donors (Lipinski definition) is 1. The van der Waals surface area contributed by atoms with E-state index in [1.807, 2.05) is 13.0 Å². The molecule has 0 unspecified atom stereocenters. The molecule has 0 aliphatic carbocycles. The Balaban J connectivity index is 1.81. The fourth-order valence-corrected chi connectivity index (χ4v) is 2.10. The first-order chi connectivity index (χ1) is 10.1. The van der Waals surface area contributed by atoms with Gasteiger partial charge in [-0.1, -0.05) is 35.3 Å². The third-order valence-electron chi connectivity index (χ3n) is 2.78. The zero-order valence-electron chi connectivity index (χ0n) is 11.0. The summed E-state index contributed by atoms with van der Waals surface area (Å²) in [7, 11) is 0. The van der Waals surface area contributed by atoms with Gasteiger partial charge in [-0.2, -0.15) is 9.62 Å². The van der Waals surface area contributed by atoms with E-state index in [1.165, 1.54) is 0 Å². The Bertz CT molecular complexity index is 827. The number of hydrazone groups is 1. The summed E-state index contributed by atoms with van der Waals surface area (Å²) in [5, 5.41) is 17.3. The highest BCUT2D eigenvalue weighted by Gasteiger charge is 2.03. The highest BCUT2D eigenvalue weighted by molar-refractivity contribution is 6.43. The third-order valence-corrected chi connectivity index (χ3v) is 3.62. The van der Waals surface area contributed by atoms with Crippen molar-refractivity contribution in [2.24, 2.45) is 5.10 Å². The van der Waals surface area contributed by atoms with E-state index in [9.17, 15) is 0 Å². The monoisotopic (exact) mass is 320 g/mol. The first-order valence-corrected chi connectivity index (χ1v) is 6.83. The van der Waals surface area contributed by atoms with Gasteiger partial charge in [0, 0.05) is 5.56 Å². The molecule has 0 amide bonds. The van der Waals surface area contributed by atoms with E-state index >= 15 is 0 Å². The van der Waals surface area contributed by atoms with Crippen molar-refractivity contribution in [1.29, 1.82) is 0 Å². The van der Waals surface area contributed by atoms with Crippen LogP contribution in [0.15, 0.2) is 35.4 Å². The quantitative estimate of drug-likeness (QED) is 0.594. The number of aryl methyl sites for hydroxylation is 1. The van der Waals surface area contributed by atoms with Gasteiger partial charge in [0.15, 0.2) is 17.3 Å². The van der Waals surface area contributed by atoms with Crippen molar-refractivity contribution in [3.8, 4) is 0 Å². The fraction of sp³-hybridized carbons (Fsp3) is 0.0769. The number of nitrogens with zero attached hydrogens (tertiary/aromatic N) is 5. The summed E-state index contributed by atoms with van der Waals surface area (Å²) < 4.78 is 1.63. The van der Waals surface area contributed by atoms with Gasteiger partial charge in [-0.25, -0.2) is 0 Å². The van der Waals surface area contributed by atoms with E-state index in [2.05, 4.69) is 25.8 Å². The molecule has 106 valence electrons. The van der Waals surface area contributed by atoms with Gasteiger partial charge < -0.3 is 0 Å². The van der Waals surface area contributed by atoms with Crippen molar-refractivity contribution >= 4 is 40.9 Å². The van der Waals surface area contributed by atoms with E-state index in [4.69, 9.17) is 23.2 Å². The Labute approximate surface area is 130 Å². The van der Waals surface area contributed by atoms with E-state index in [0.717, 1.165) is 5.56 Å². The summed E-state index contributed by atoms with van der Waals surface area (Å²) >= 11 is 12.0.